The first kappa shape index (κ1) is 68.0. The quantitative estimate of drug-likeness (QED) is 0.0261. The van der Waals surface area contributed by atoms with Crippen molar-refractivity contribution in [2.45, 2.75) is 232 Å². The van der Waals surface area contributed by atoms with E-state index in [4.69, 9.17) is 14.2 Å². The van der Waals surface area contributed by atoms with Crippen molar-refractivity contribution < 1.29 is 28.6 Å². The normalized spacial score (nSPS) is 13.3. The molecule has 1 atom stereocenters. The van der Waals surface area contributed by atoms with E-state index in [0.717, 1.165) is 167 Å². The average molecular weight is 1010 g/mol. The van der Waals surface area contributed by atoms with Gasteiger partial charge in [0.15, 0.2) is 6.10 Å². The van der Waals surface area contributed by atoms with Crippen LogP contribution in [-0.2, 0) is 28.6 Å². The second-order valence-electron chi connectivity index (χ2n) is 18.4. The topological polar surface area (TPSA) is 78.9 Å². The van der Waals surface area contributed by atoms with Gasteiger partial charge in [0.1, 0.15) is 13.2 Å². The van der Waals surface area contributed by atoms with Gasteiger partial charge in [-0.2, -0.15) is 0 Å². The maximum atomic E-state index is 12.8. The zero-order valence-corrected chi connectivity index (χ0v) is 46.6. The molecule has 0 N–H and O–H groups in total. The fraction of sp³-hybridized carbons (Fsp3) is 0.567. The first-order valence-corrected chi connectivity index (χ1v) is 29.0. The lowest BCUT2D eigenvalue weighted by Gasteiger charge is -2.18. The molecular weight excluding hydrogens is 901 g/mol. The van der Waals surface area contributed by atoms with Gasteiger partial charge >= 0.3 is 17.9 Å². The predicted molar refractivity (Wildman–Crippen MR) is 315 cm³/mol. The van der Waals surface area contributed by atoms with E-state index < -0.39 is 6.10 Å². The lowest BCUT2D eigenvalue weighted by Crippen LogP contribution is -2.30. The lowest BCUT2D eigenvalue weighted by molar-refractivity contribution is -0.167. The van der Waals surface area contributed by atoms with Crippen LogP contribution in [0.5, 0.6) is 0 Å². The summed E-state index contributed by atoms with van der Waals surface area (Å²) in [6.45, 7) is 6.26. The van der Waals surface area contributed by atoms with Gasteiger partial charge in [0.05, 0.1) is 0 Å². The highest BCUT2D eigenvalue weighted by atomic mass is 16.6. The molecule has 1 unspecified atom stereocenters. The van der Waals surface area contributed by atoms with Crippen molar-refractivity contribution in [3.63, 3.8) is 0 Å². The molecule has 0 rings (SSSR count). The highest BCUT2D eigenvalue weighted by molar-refractivity contribution is 5.71. The van der Waals surface area contributed by atoms with Gasteiger partial charge < -0.3 is 14.2 Å². The largest absolute Gasteiger partial charge is 0.462 e. The van der Waals surface area contributed by atoms with Crippen LogP contribution in [0.15, 0.2) is 158 Å². The van der Waals surface area contributed by atoms with E-state index in [-0.39, 0.29) is 37.5 Å². The molecule has 0 amide bonds. The van der Waals surface area contributed by atoms with E-state index in [1.807, 2.05) is 0 Å². The molecule has 0 aromatic carbocycles. The Morgan fingerprint density at radius 2 is 0.534 bits per heavy atom. The van der Waals surface area contributed by atoms with Gasteiger partial charge in [-0.3, -0.25) is 14.4 Å². The van der Waals surface area contributed by atoms with Gasteiger partial charge in [0.25, 0.3) is 0 Å². The van der Waals surface area contributed by atoms with Crippen molar-refractivity contribution in [2.24, 2.45) is 0 Å². The second kappa shape index (κ2) is 59.6. The minimum atomic E-state index is -0.805. The number of esters is 3. The summed E-state index contributed by atoms with van der Waals surface area (Å²) < 4.78 is 16.7. The van der Waals surface area contributed by atoms with Crippen LogP contribution in [0.25, 0.3) is 0 Å². The summed E-state index contributed by atoms with van der Waals surface area (Å²) in [5.74, 6) is -0.975. The zero-order valence-electron chi connectivity index (χ0n) is 46.6. The molecule has 0 spiro atoms. The van der Waals surface area contributed by atoms with Crippen molar-refractivity contribution >= 4 is 17.9 Å². The monoisotopic (exact) mass is 1000 g/mol. The molecule has 0 aromatic rings. The fourth-order valence-electron chi connectivity index (χ4n) is 7.25. The number of ether oxygens (including phenoxy) is 3. The number of allylic oxidation sites excluding steroid dienone is 26. The van der Waals surface area contributed by atoms with Crippen LogP contribution in [0, 0.1) is 0 Å². The predicted octanol–water partition coefficient (Wildman–Crippen LogP) is 19.8. The van der Waals surface area contributed by atoms with Crippen molar-refractivity contribution in [3.8, 4) is 0 Å². The highest BCUT2D eigenvalue weighted by Gasteiger charge is 2.19. The molecule has 0 saturated heterocycles. The van der Waals surface area contributed by atoms with Crippen LogP contribution in [-0.4, -0.2) is 37.2 Å². The Morgan fingerprint density at radius 1 is 0.288 bits per heavy atom. The smallest absolute Gasteiger partial charge is 0.306 e. The minimum absolute atomic E-state index is 0.103. The number of hydrogen-bond donors (Lipinski definition) is 0. The van der Waals surface area contributed by atoms with Gasteiger partial charge in [0, 0.05) is 19.3 Å². The van der Waals surface area contributed by atoms with Crippen LogP contribution >= 0.6 is 0 Å². The van der Waals surface area contributed by atoms with Crippen molar-refractivity contribution in [1.82, 2.24) is 0 Å². The van der Waals surface area contributed by atoms with Crippen molar-refractivity contribution in [3.05, 3.63) is 158 Å². The molecule has 73 heavy (non-hydrogen) atoms. The molecular formula is C67H104O6. The molecule has 0 fully saturated rings. The van der Waals surface area contributed by atoms with E-state index in [1.54, 1.807) is 0 Å². The molecule has 0 aliphatic carbocycles. The SMILES string of the molecule is CC/C=C\C/C=C\C/C=C\C/C=C\C/C=C\C/C=C\C/C=C\C/C=C\CCCCCCCCC(=O)OCC(COC(=O)CCCCCCC)OC(=O)CCCCC/C=C\C/C=C\C/C=C\C/C=C\C/C=C\CC. The van der Waals surface area contributed by atoms with E-state index >= 15 is 0 Å². The van der Waals surface area contributed by atoms with Gasteiger partial charge in [-0.15, -0.1) is 0 Å². The van der Waals surface area contributed by atoms with Crippen molar-refractivity contribution in [1.29, 1.82) is 0 Å². The summed E-state index contributed by atoms with van der Waals surface area (Å²) in [5.41, 5.74) is 0. The molecule has 0 aliphatic rings. The molecule has 0 radical (unpaired) electrons. The molecule has 0 aromatic heterocycles. The molecule has 0 saturated carbocycles. The number of carbonyl (C=O) groups is 3. The summed E-state index contributed by atoms with van der Waals surface area (Å²) in [4.78, 5) is 37.8. The van der Waals surface area contributed by atoms with Gasteiger partial charge in [-0.1, -0.05) is 237 Å². The van der Waals surface area contributed by atoms with Crippen LogP contribution < -0.4 is 0 Å². The Labute approximate surface area is 448 Å². The van der Waals surface area contributed by atoms with E-state index in [9.17, 15) is 14.4 Å². The maximum absolute atomic E-state index is 12.8. The molecule has 6 heteroatoms. The maximum Gasteiger partial charge on any atom is 0.306 e. The van der Waals surface area contributed by atoms with Crippen LogP contribution in [0.3, 0.4) is 0 Å². The number of carbonyl (C=O) groups excluding carboxylic acids is 3. The van der Waals surface area contributed by atoms with E-state index in [1.165, 1.54) is 12.8 Å². The molecule has 0 aliphatic heterocycles. The molecule has 0 heterocycles. The Morgan fingerprint density at radius 3 is 0.849 bits per heavy atom. The summed E-state index contributed by atoms with van der Waals surface area (Å²) in [6, 6.07) is 0. The van der Waals surface area contributed by atoms with E-state index in [0.29, 0.717) is 19.3 Å². The average Bonchev–Trinajstić information content (AvgIpc) is 3.39. The van der Waals surface area contributed by atoms with Gasteiger partial charge in [0.2, 0.25) is 0 Å². The summed E-state index contributed by atoms with van der Waals surface area (Å²) in [7, 11) is 0. The zero-order chi connectivity index (χ0) is 52.9. The number of rotatable bonds is 50. The van der Waals surface area contributed by atoms with Crippen LogP contribution in [0.4, 0.5) is 0 Å². The summed E-state index contributed by atoms with van der Waals surface area (Å²) >= 11 is 0. The molecule has 408 valence electrons. The van der Waals surface area contributed by atoms with Gasteiger partial charge in [-0.05, 0) is 128 Å². The Kier molecular flexibility index (Phi) is 55.5. The van der Waals surface area contributed by atoms with E-state index in [2.05, 4.69) is 179 Å². The first-order valence-electron chi connectivity index (χ1n) is 29.0. The number of unbranched alkanes of at least 4 members (excludes halogenated alkanes) is 13. The Balaban J connectivity index is 4.21. The first-order chi connectivity index (χ1) is 36.0. The minimum Gasteiger partial charge on any atom is -0.462 e. The lowest BCUT2D eigenvalue weighted by atomic mass is 10.1. The Bertz CT molecular complexity index is 1670. The van der Waals surface area contributed by atoms with Crippen molar-refractivity contribution in [2.75, 3.05) is 13.2 Å². The van der Waals surface area contributed by atoms with Crippen LogP contribution in [0.1, 0.15) is 226 Å². The van der Waals surface area contributed by atoms with Crippen LogP contribution in [0.2, 0.25) is 0 Å². The number of hydrogen-bond acceptors (Lipinski definition) is 6. The Hall–Kier alpha value is -4.97. The van der Waals surface area contributed by atoms with Gasteiger partial charge in [-0.25, -0.2) is 0 Å². The second-order valence-corrected chi connectivity index (χ2v) is 18.4. The standard InChI is InChI=1S/C67H104O6/c1-4-7-10-13-15-17-19-21-23-25-27-28-29-30-31-32-33-34-35-36-37-38-40-41-43-45-47-49-51-54-57-60-66(69)72-63-64(62-71-65(68)59-56-53-12-9-6-3)73-67(70)61-58-55-52-50-48-46-44-42-39-26-24-22-20-18-16-14-11-8-5-2/h7-8,10-11,15-18,21-24,27-28,30-31,33-34,36-37,39-42,46,48,64H,4-6,9,12-14,19-20,25-26,29,32,35,38,43-45,47,49-63H2,1-3H3/b10-7-,11-8-,17-15-,18-16-,23-21-,24-22-,28-27-,31-30-,34-33-,37-36-,41-40-,42-39-,48-46-. The molecule has 6 nitrogen and oxygen atoms in total. The third-order valence-corrected chi connectivity index (χ3v) is 11.5. The third-order valence-electron chi connectivity index (χ3n) is 11.5. The summed E-state index contributed by atoms with van der Waals surface area (Å²) in [6.07, 6.45) is 87.1. The summed E-state index contributed by atoms with van der Waals surface area (Å²) in [5, 5.41) is 0. The highest BCUT2D eigenvalue weighted by Crippen LogP contribution is 2.12. The molecule has 0 bridgehead atoms. The third kappa shape index (κ3) is 57.8. The fourth-order valence-corrected chi connectivity index (χ4v) is 7.25.